The van der Waals surface area contributed by atoms with E-state index in [0.29, 0.717) is 37.6 Å². The summed E-state index contributed by atoms with van der Waals surface area (Å²) in [5, 5.41) is 2.26. The molecule has 2 amide bonds. The summed E-state index contributed by atoms with van der Waals surface area (Å²) in [6, 6.07) is 8.19. The van der Waals surface area contributed by atoms with Gasteiger partial charge in [0.2, 0.25) is 11.8 Å². The molecule has 2 aromatic rings. The molecular formula is C27H29F6N3O3. The van der Waals surface area contributed by atoms with Crippen LogP contribution in [-0.2, 0) is 33.2 Å². The molecule has 6 nitrogen and oxygen atoms in total. The molecule has 0 aliphatic carbocycles. The molecule has 2 aromatic carbocycles. The van der Waals surface area contributed by atoms with Gasteiger partial charge in [-0.25, -0.2) is 0 Å². The maximum atomic E-state index is 13.5. The van der Waals surface area contributed by atoms with Gasteiger partial charge in [-0.1, -0.05) is 32.0 Å². The molecule has 2 aliphatic rings. The predicted molar refractivity (Wildman–Crippen MR) is 132 cm³/mol. The van der Waals surface area contributed by atoms with Gasteiger partial charge in [0.25, 0.3) is 0 Å². The highest BCUT2D eigenvalue weighted by atomic mass is 19.4. The fourth-order valence-electron chi connectivity index (χ4n) is 5.00. The van der Waals surface area contributed by atoms with Crippen molar-refractivity contribution >= 4 is 23.2 Å². The third-order valence-electron chi connectivity index (χ3n) is 7.39. The van der Waals surface area contributed by atoms with Crippen molar-refractivity contribution in [3.63, 3.8) is 0 Å². The van der Waals surface area contributed by atoms with Crippen molar-refractivity contribution in [1.82, 2.24) is 4.90 Å². The highest BCUT2D eigenvalue weighted by Gasteiger charge is 2.52. The van der Waals surface area contributed by atoms with E-state index in [0.717, 1.165) is 18.7 Å². The topological polar surface area (TPSA) is 61.9 Å². The zero-order valence-corrected chi connectivity index (χ0v) is 21.5. The lowest BCUT2D eigenvalue weighted by molar-refractivity contribution is -0.143. The Morgan fingerprint density at radius 1 is 1.00 bits per heavy atom. The Hall–Kier alpha value is -3.12. The van der Waals surface area contributed by atoms with Crippen LogP contribution in [0.1, 0.15) is 37.0 Å². The van der Waals surface area contributed by atoms with Crippen molar-refractivity contribution in [2.24, 2.45) is 11.3 Å². The normalized spacial score (nSPS) is 21.1. The van der Waals surface area contributed by atoms with E-state index in [1.54, 1.807) is 26.0 Å². The zero-order valence-electron chi connectivity index (χ0n) is 21.5. The van der Waals surface area contributed by atoms with Crippen LogP contribution in [0.25, 0.3) is 0 Å². The van der Waals surface area contributed by atoms with Crippen LogP contribution in [0.4, 0.5) is 37.7 Å². The highest BCUT2D eigenvalue weighted by Crippen LogP contribution is 2.43. The van der Waals surface area contributed by atoms with Crippen molar-refractivity contribution in [3.8, 4) is 0 Å². The predicted octanol–water partition coefficient (Wildman–Crippen LogP) is 5.57. The summed E-state index contributed by atoms with van der Waals surface area (Å²) in [5.41, 5.74) is -3.61. The maximum absolute atomic E-state index is 13.5. The van der Waals surface area contributed by atoms with Gasteiger partial charge in [-0.2, -0.15) is 26.3 Å². The Labute approximate surface area is 221 Å². The minimum atomic E-state index is -5.05. The third kappa shape index (κ3) is 6.22. The molecule has 1 N–H and O–H groups in total. The van der Waals surface area contributed by atoms with Crippen LogP contribution in [0, 0.1) is 11.3 Å². The van der Waals surface area contributed by atoms with Crippen LogP contribution in [-0.4, -0.2) is 49.6 Å². The number of para-hydroxylation sites is 1. The monoisotopic (exact) mass is 557 g/mol. The van der Waals surface area contributed by atoms with Crippen molar-refractivity contribution < 1.29 is 40.7 Å². The van der Waals surface area contributed by atoms with E-state index in [2.05, 4.69) is 10.2 Å². The number of anilines is 2. The molecule has 0 radical (unpaired) electrons. The van der Waals surface area contributed by atoms with Crippen LogP contribution in [0.2, 0.25) is 0 Å². The van der Waals surface area contributed by atoms with E-state index in [9.17, 15) is 35.9 Å². The number of carbonyl (C=O) groups is 2. The average molecular weight is 558 g/mol. The number of benzene rings is 2. The van der Waals surface area contributed by atoms with Gasteiger partial charge in [-0.3, -0.25) is 14.5 Å². The summed E-state index contributed by atoms with van der Waals surface area (Å²) < 4.78 is 85.4. The summed E-state index contributed by atoms with van der Waals surface area (Å²) in [6.07, 6.45) is -10.4. The summed E-state index contributed by atoms with van der Waals surface area (Å²) in [7, 11) is 0. The van der Waals surface area contributed by atoms with Crippen LogP contribution >= 0.6 is 0 Å². The molecule has 0 bridgehead atoms. The van der Waals surface area contributed by atoms with Crippen LogP contribution in [0.3, 0.4) is 0 Å². The molecule has 0 saturated carbocycles. The second-order valence-electron chi connectivity index (χ2n) is 10.2. The van der Waals surface area contributed by atoms with Crippen molar-refractivity contribution in [2.45, 2.75) is 39.2 Å². The molecule has 2 aliphatic heterocycles. The zero-order chi connectivity index (χ0) is 28.6. The number of rotatable bonds is 6. The molecule has 0 aromatic heterocycles. The number of halogens is 6. The van der Waals surface area contributed by atoms with Gasteiger partial charge in [0.15, 0.2) is 0 Å². The first-order valence-electron chi connectivity index (χ1n) is 12.5. The lowest BCUT2D eigenvalue weighted by Crippen LogP contribution is -2.43. The van der Waals surface area contributed by atoms with E-state index >= 15 is 0 Å². The lowest BCUT2D eigenvalue weighted by atomic mass is 9.75. The van der Waals surface area contributed by atoms with E-state index < -0.39 is 46.4 Å². The molecule has 12 heteroatoms. The summed E-state index contributed by atoms with van der Waals surface area (Å²) in [4.78, 5) is 30.5. The van der Waals surface area contributed by atoms with Crippen LogP contribution in [0.5, 0.6) is 0 Å². The Kier molecular flexibility index (Phi) is 8.00. The third-order valence-corrected chi connectivity index (χ3v) is 7.39. The SMILES string of the molecule is CC(C)C1(C(=O)Nc2cc(C(F)(F)F)cc(C(F)(F)F)c2)CC(=O)N(c2ccccc2CN2CCOCC2)C1. The molecule has 1 unspecified atom stereocenters. The van der Waals surface area contributed by atoms with Gasteiger partial charge in [-0.05, 0) is 35.7 Å². The number of nitrogens with zero attached hydrogens (tertiary/aromatic N) is 2. The first-order chi connectivity index (χ1) is 18.2. The van der Waals surface area contributed by atoms with E-state index in [4.69, 9.17) is 4.74 Å². The summed E-state index contributed by atoms with van der Waals surface area (Å²) >= 11 is 0. The number of ether oxygens (including phenoxy) is 1. The molecule has 4 rings (SSSR count). The molecule has 2 heterocycles. The van der Waals surface area contributed by atoms with Crippen molar-refractivity contribution in [3.05, 3.63) is 59.2 Å². The van der Waals surface area contributed by atoms with Gasteiger partial charge in [0.05, 0.1) is 29.8 Å². The summed E-state index contributed by atoms with van der Waals surface area (Å²) in [5.74, 6) is -1.62. The number of alkyl halides is 6. The van der Waals surface area contributed by atoms with Crippen LogP contribution < -0.4 is 10.2 Å². The van der Waals surface area contributed by atoms with E-state index in [-0.39, 0.29) is 24.9 Å². The maximum Gasteiger partial charge on any atom is 0.416 e. The lowest BCUT2D eigenvalue weighted by Gasteiger charge is -2.32. The molecule has 39 heavy (non-hydrogen) atoms. The number of hydrogen-bond donors (Lipinski definition) is 1. The van der Waals surface area contributed by atoms with E-state index in [1.165, 1.54) is 4.90 Å². The number of carbonyl (C=O) groups excluding carboxylic acids is 2. The van der Waals surface area contributed by atoms with Crippen LogP contribution in [0.15, 0.2) is 42.5 Å². The molecule has 0 spiro atoms. The standard InChI is InChI=1S/C27H29F6N3O3/c1-17(2)25(24(38)34-21-12-19(26(28,29)30)11-20(13-21)27(31,32)33)14-23(37)36(16-25)22-6-4-3-5-18(22)15-35-7-9-39-10-8-35/h3-6,11-13,17H,7-10,14-16H2,1-2H3,(H,34,38). The Balaban J connectivity index is 1.63. The largest absolute Gasteiger partial charge is 0.416 e. The molecule has 1 atom stereocenters. The van der Waals surface area contributed by atoms with Gasteiger partial charge in [0, 0.05) is 44.0 Å². The molecular weight excluding hydrogens is 528 g/mol. The minimum absolute atomic E-state index is 0.0000956. The number of nitrogens with one attached hydrogen (secondary N) is 1. The average Bonchev–Trinajstić information content (AvgIpc) is 3.22. The second-order valence-corrected chi connectivity index (χ2v) is 10.2. The number of amides is 2. The molecule has 212 valence electrons. The quantitative estimate of drug-likeness (QED) is 0.472. The van der Waals surface area contributed by atoms with Crippen molar-refractivity contribution in [2.75, 3.05) is 43.1 Å². The molecule has 2 fully saturated rings. The fourth-order valence-corrected chi connectivity index (χ4v) is 5.00. The summed E-state index contributed by atoms with van der Waals surface area (Å²) in [6.45, 7) is 6.50. The smallest absolute Gasteiger partial charge is 0.379 e. The Morgan fingerprint density at radius 2 is 1.59 bits per heavy atom. The first kappa shape index (κ1) is 28.9. The van der Waals surface area contributed by atoms with Gasteiger partial charge in [0.1, 0.15) is 0 Å². The van der Waals surface area contributed by atoms with Gasteiger partial charge in [-0.15, -0.1) is 0 Å². The van der Waals surface area contributed by atoms with Crippen molar-refractivity contribution in [1.29, 1.82) is 0 Å². The Bertz CT molecular complexity index is 1190. The van der Waals surface area contributed by atoms with E-state index in [1.807, 2.05) is 12.1 Å². The fraction of sp³-hybridized carbons (Fsp3) is 0.481. The van der Waals surface area contributed by atoms with Gasteiger partial charge >= 0.3 is 12.4 Å². The first-order valence-corrected chi connectivity index (χ1v) is 12.5. The molecule has 2 saturated heterocycles. The van der Waals surface area contributed by atoms with Gasteiger partial charge < -0.3 is 15.0 Å². The number of morpholine rings is 1. The number of hydrogen-bond acceptors (Lipinski definition) is 4. The Morgan fingerprint density at radius 3 is 2.15 bits per heavy atom. The second kappa shape index (κ2) is 10.8. The highest BCUT2D eigenvalue weighted by molar-refractivity contribution is 6.06. The minimum Gasteiger partial charge on any atom is -0.379 e.